The van der Waals surface area contributed by atoms with Crippen molar-refractivity contribution in [2.24, 2.45) is 0 Å². The van der Waals surface area contributed by atoms with Crippen molar-refractivity contribution in [3.05, 3.63) is 82.4 Å². The van der Waals surface area contributed by atoms with Crippen LogP contribution in [-0.2, 0) is 12.7 Å². The Morgan fingerprint density at radius 2 is 1.78 bits per heavy atom. The van der Waals surface area contributed by atoms with Gasteiger partial charge in [0.2, 0.25) is 0 Å². The molecule has 0 aliphatic carbocycles. The maximum Gasteiger partial charge on any atom is 0.433 e. The highest BCUT2D eigenvalue weighted by molar-refractivity contribution is 6.31. The van der Waals surface area contributed by atoms with Crippen LogP contribution in [0.1, 0.15) is 34.0 Å². The summed E-state index contributed by atoms with van der Waals surface area (Å²) >= 11 is 6.15. The predicted octanol–water partition coefficient (Wildman–Crippen LogP) is 5.86. The topological polar surface area (TPSA) is 77.1 Å². The molecule has 5 aromatic rings. The number of hydrogen-bond donors (Lipinski definition) is 1. The SMILES string of the molecule is Cc1nn(CCCNC(=O)c2cc3nc(-c4ccc5ccccc5c4)cc(C(F)(F)F)n3n2)c(C)c1Cl. The summed E-state index contributed by atoms with van der Waals surface area (Å²) in [5, 5.41) is 13.4. The zero-order valence-electron chi connectivity index (χ0n) is 20.0. The molecule has 190 valence electrons. The molecule has 7 nitrogen and oxygen atoms in total. The molecule has 0 fully saturated rings. The normalized spacial score (nSPS) is 11.9. The number of rotatable bonds is 6. The molecule has 0 saturated carbocycles. The first-order valence-corrected chi connectivity index (χ1v) is 11.9. The molecule has 0 aliphatic rings. The van der Waals surface area contributed by atoms with Gasteiger partial charge in [0, 0.05) is 24.7 Å². The number of amides is 1. The Kier molecular flexibility index (Phi) is 6.36. The first-order valence-electron chi connectivity index (χ1n) is 11.6. The number of carbonyl (C=O) groups is 1. The quantitative estimate of drug-likeness (QED) is 0.281. The zero-order chi connectivity index (χ0) is 26.3. The fraction of sp³-hybridized carbons (Fsp3) is 0.231. The van der Waals surface area contributed by atoms with Crippen molar-refractivity contribution in [2.45, 2.75) is 33.0 Å². The molecule has 1 amide bonds. The van der Waals surface area contributed by atoms with Crippen molar-refractivity contribution in [3.8, 4) is 11.3 Å². The van der Waals surface area contributed by atoms with Crippen LogP contribution >= 0.6 is 11.6 Å². The van der Waals surface area contributed by atoms with E-state index in [0.717, 1.165) is 28.2 Å². The average molecular weight is 527 g/mol. The molecule has 0 saturated heterocycles. The molecule has 3 aromatic heterocycles. The number of alkyl halides is 3. The lowest BCUT2D eigenvalue weighted by molar-refractivity contribution is -0.142. The van der Waals surface area contributed by atoms with Gasteiger partial charge >= 0.3 is 6.18 Å². The van der Waals surface area contributed by atoms with E-state index in [1.807, 2.05) is 44.2 Å². The number of nitrogens with zero attached hydrogens (tertiary/aromatic N) is 5. The second-order valence-corrected chi connectivity index (χ2v) is 9.08. The van der Waals surface area contributed by atoms with Crippen LogP contribution < -0.4 is 5.32 Å². The third-order valence-corrected chi connectivity index (χ3v) is 6.67. The third-order valence-electron chi connectivity index (χ3n) is 6.12. The standard InChI is InChI=1S/C26H22ClF3N6O/c1-15-24(27)16(2)35(33-15)11-5-10-31-25(37)21-14-23-32-20(13-22(26(28,29)30)36(23)34-21)19-9-8-17-6-3-4-7-18(17)12-19/h3-4,6-9,12-14H,5,10-11H2,1-2H3,(H,31,37). The lowest BCUT2D eigenvalue weighted by Gasteiger charge is -2.11. The van der Waals surface area contributed by atoms with Gasteiger partial charge in [-0.25, -0.2) is 9.50 Å². The fourth-order valence-corrected chi connectivity index (χ4v) is 4.33. The van der Waals surface area contributed by atoms with E-state index >= 15 is 0 Å². The second kappa shape index (κ2) is 9.51. The molecule has 0 unspecified atom stereocenters. The van der Waals surface area contributed by atoms with Crippen LogP contribution in [0.25, 0.3) is 27.7 Å². The number of fused-ring (bicyclic) bond motifs is 2. The maximum atomic E-state index is 13.9. The number of hydrogen-bond acceptors (Lipinski definition) is 4. The summed E-state index contributed by atoms with van der Waals surface area (Å²) in [5.41, 5.74) is 0.997. The lowest BCUT2D eigenvalue weighted by atomic mass is 10.0. The highest BCUT2D eigenvalue weighted by Gasteiger charge is 2.35. The van der Waals surface area contributed by atoms with Crippen LogP contribution in [-0.4, -0.2) is 36.8 Å². The minimum atomic E-state index is -4.70. The van der Waals surface area contributed by atoms with E-state index in [1.54, 1.807) is 16.8 Å². The lowest BCUT2D eigenvalue weighted by Crippen LogP contribution is -2.26. The van der Waals surface area contributed by atoms with Gasteiger partial charge in [-0.3, -0.25) is 9.48 Å². The Morgan fingerprint density at radius 3 is 2.49 bits per heavy atom. The number of aryl methyl sites for hydroxylation is 2. The summed E-state index contributed by atoms with van der Waals surface area (Å²) in [6.07, 6.45) is -4.15. The molecule has 5 rings (SSSR count). The first kappa shape index (κ1) is 24.8. The van der Waals surface area contributed by atoms with Gasteiger partial charge in [-0.1, -0.05) is 48.0 Å². The first-order chi connectivity index (χ1) is 17.6. The van der Waals surface area contributed by atoms with Gasteiger partial charge in [0.25, 0.3) is 5.91 Å². The summed E-state index contributed by atoms with van der Waals surface area (Å²) < 4.78 is 44.2. The molecule has 3 heterocycles. The number of benzene rings is 2. The van der Waals surface area contributed by atoms with Crippen LogP contribution in [0.3, 0.4) is 0 Å². The average Bonchev–Trinajstić information content (AvgIpc) is 3.41. The largest absolute Gasteiger partial charge is 0.433 e. The monoisotopic (exact) mass is 526 g/mol. The van der Waals surface area contributed by atoms with E-state index in [4.69, 9.17) is 11.6 Å². The summed E-state index contributed by atoms with van der Waals surface area (Å²) in [7, 11) is 0. The van der Waals surface area contributed by atoms with Gasteiger partial charge in [-0.15, -0.1) is 0 Å². The Bertz CT molecular complexity index is 1640. The van der Waals surface area contributed by atoms with Gasteiger partial charge in [0.1, 0.15) is 0 Å². The van der Waals surface area contributed by atoms with Gasteiger partial charge in [0.05, 0.1) is 22.1 Å². The molecule has 37 heavy (non-hydrogen) atoms. The number of carbonyl (C=O) groups excluding carboxylic acids is 1. The highest BCUT2D eigenvalue weighted by Crippen LogP contribution is 2.33. The van der Waals surface area contributed by atoms with Gasteiger partial charge in [0.15, 0.2) is 17.0 Å². The summed E-state index contributed by atoms with van der Waals surface area (Å²) in [5.74, 6) is -0.586. The Balaban J connectivity index is 1.39. The molecule has 0 radical (unpaired) electrons. The smallest absolute Gasteiger partial charge is 0.351 e. The van der Waals surface area contributed by atoms with Crippen LogP contribution in [0.4, 0.5) is 13.2 Å². The minimum Gasteiger partial charge on any atom is -0.351 e. The second-order valence-electron chi connectivity index (χ2n) is 8.70. The predicted molar refractivity (Wildman–Crippen MR) is 135 cm³/mol. The molecule has 0 aliphatic heterocycles. The maximum absolute atomic E-state index is 13.9. The van der Waals surface area contributed by atoms with Crippen molar-refractivity contribution in [3.63, 3.8) is 0 Å². The number of aromatic nitrogens is 5. The Morgan fingerprint density at radius 1 is 1.03 bits per heavy atom. The van der Waals surface area contributed by atoms with E-state index in [1.165, 1.54) is 6.07 Å². The highest BCUT2D eigenvalue weighted by atomic mass is 35.5. The van der Waals surface area contributed by atoms with E-state index in [0.29, 0.717) is 28.1 Å². The molecule has 1 N–H and O–H groups in total. The van der Waals surface area contributed by atoms with Gasteiger partial charge in [-0.2, -0.15) is 23.4 Å². The van der Waals surface area contributed by atoms with E-state index < -0.39 is 17.8 Å². The van der Waals surface area contributed by atoms with Crippen LogP contribution in [0, 0.1) is 13.8 Å². The van der Waals surface area contributed by atoms with E-state index in [-0.39, 0.29) is 23.6 Å². The van der Waals surface area contributed by atoms with Crippen LogP contribution in [0.15, 0.2) is 54.6 Å². The summed E-state index contributed by atoms with van der Waals surface area (Å²) in [6.45, 7) is 4.48. The van der Waals surface area contributed by atoms with E-state index in [2.05, 4.69) is 20.5 Å². The van der Waals surface area contributed by atoms with Gasteiger partial charge in [-0.05, 0) is 43.2 Å². The van der Waals surface area contributed by atoms with Gasteiger partial charge < -0.3 is 5.32 Å². The minimum absolute atomic E-state index is 0.0691. The molecule has 0 atom stereocenters. The molecular formula is C26H22ClF3N6O. The third kappa shape index (κ3) is 4.89. The fourth-order valence-electron chi connectivity index (χ4n) is 4.20. The number of nitrogens with one attached hydrogen (secondary N) is 1. The van der Waals surface area contributed by atoms with Crippen LogP contribution in [0.5, 0.6) is 0 Å². The molecular weight excluding hydrogens is 505 g/mol. The Labute approximate surface area is 214 Å². The zero-order valence-corrected chi connectivity index (χ0v) is 20.7. The van der Waals surface area contributed by atoms with Crippen LogP contribution in [0.2, 0.25) is 5.02 Å². The molecule has 2 aromatic carbocycles. The van der Waals surface area contributed by atoms with Crippen molar-refractivity contribution in [1.29, 1.82) is 0 Å². The summed E-state index contributed by atoms with van der Waals surface area (Å²) in [4.78, 5) is 17.1. The molecule has 11 heteroatoms. The van der Waals surface area contributed by atoms with E-state index in [9.17, 15) is 18.0 Å². The Hall–Kier alpha value is -3.92. The molecule has 0 spiro atoms. The van der Waals surface area contributed by atoms with Crippen molar-refractivity contribution >= 4 is 33.9 Å². The molecule has 0 bridgehead atoms. The number of halogens is 4. The summed E-state index contributed by atoms with van der Waals surface area (Å²) in [6, 6.07) is 15.1. The van der Waals surface area contributed by atoms with Crippen molar-refractivity contribution in [1.82, 2.24) is 29.7 Å². The van der Waals surface area contributed by atoms with Crippen molar-refractivity contribution in [2.75, 3.05) is 6.54 Å². The van der Waals surface area contributed by atoms with Crippen molar-refractivity contribution < 1.29 is 18.0 Å².